The van der Waals surface area contributed by atoms with Crippen molar-refractivity contribution in [3.05, 3.63) is 102 Å². The molecule has 1 heterocycles. The van der Waals surface area contributed by atoms with Gasteiger partial charge in [0.15, 0.2) is 0 Å². The van der Waals surface area contributed by atoms with E-state index in [0.29, 0.717) is 0 Å². The van der Waals surface area contributed by atoms with E-state index in [1.165, 1.54) is 0 Å². The van der Waals surface area contributed by atoms with Gasteiger partial charge in [0.1, 0.15) is 4.87 Å². The second kappa shape index (κ2) is 6.75. The second-order valence-corrected chi connectivity index (χ2v) is 5.20. The Morgan fingerprint density at radius 1 is 0.667 bits per heavy atom. The number of hydrogen-bond acceptors (Lipinski definition) is 1. The van der Waals surface area contributed by atoms with Crippen LogP contribution in [-0.2, 0) is 4.87 Å². The molecular formula is C18H15Cl2N. The van der Waals surface area contributed by atoms with E-state index < -0.39 is 4.87 Å². The van der Waals surface area contributed by atoms with E-state index >= 15 is 0 Å². The molecule has 1 aromatic heterocycles. The highest BCUT2D eigenvalue weighted by molar-refractivity contribution is 6.28. The van der Waals surface area contributed by atoms with Crippen LogP contribution in [0, 0.1) is 0 Å². The lowest BCUT2D eigenvalue weighted by Gasteiger charge is -2.28. The minimum absolute atomic E-state index is 0. The first-order valence-electron chi connectivity index (χ1n) is 6.52. The van der Waals surface area contributed by atoms with Gasteiger partial charge in [-0.15, -0.1) is 24.0 Å². The second-order valence-electron chi connectivity index (χ2n) is 4.63. The van der Waals surface area contributed by atoms with E-state index in [1.807, 2.05) is 79.0 Å². The van der Waals surface area contributed by atoms with Crippen LogP contribution < -0.4 is 0 Å². The summed E-state index contributed by atoms with van der Waals surface area (Å²) in [4.78, 5) is 3.51. The first kappa shape index (κ1) is 15.6. The van der Waals surface area contributed by atoms with Crippen molar-refractivity contribution in [3.8, 4) is 0 Å². The Morgan fingerprint density at radius 2 is 1.14 bits per heavy atom. The fraction of sp³-hybridized carbons (Fsp3) is 0.0556. The zero-order valence-corrected chi connectivity index (χ0v) is 12.9. The number of halogens is 2. The number of nitrogens with zero attached hydrogens (tertiary/aromatic N) is 1. The highest BCUT2D eigenvalue weighted by Gasteiger charge is 2.33. The summed E-state index contributed by atoms with van der Waals surface area (Å²) in [6.07, 6.45) is 3.59. The van der Waals surface area contributed by atoms with Crippen LogP contribution in [0.4, 0.5) is 0 Å². The summed E-state index contributed by atoms with van der Waals surface area (Å²) in [6, 6.07) is 24.1. The number of benzene rings is 2. The Morgan fingerprint density at radius 3 is 1.57 bits per heavy atom. The van der Waals surface area contributed by atoms with Gasteiger partial charge in [-0.2, -0.15) is 0 Å². The Balaban J connectivity index is 0.00000161. The third-order valence-electron chi connectivity index (χ3n) is 3.40. The molecule has 106 valence electrons. The fourth-order valence-corrected chi connectivity index (χ4v) is 2.77. The van der Waals surface area contributed by atoms with Crippen molar-refractivity contribution in [1.82, 2.24) is 4.98 Å². The summed E-state index contributed by atoms with van der Waals surface area (Å²) < 4.78 is 0. The number of alkyl halides is 1. The molecule has 2 aromatic carbocycles. The SMILES string of the molecule is Cl.ClC(c1ccccc1)(c1ccccc1)c1cccnc1. The van der Waals surface area contributed by atoms with Gasteiger partial charge >= 0.3 is 0 Å². The van der Waals surface area contributed by atoms with Crippen molar-refractivity contribution in [3.63, 3.8) is 0 Å². The average molecular weight is 316 g/mol. The van der Waals surface area contributed by atoms with Crippen molar-refractivity contribution in [1.29, 1.82) is 0 Å². The molecule has 0 saturated heterocycles. The molecule has 0 spiro atoms. The van der Waals surface area contributed by atoms with Crippen LogP contribution in [0.15, 0.2) is 85.2 Å². The molecule has 0 atom stereocenters. The largest absolute Gasteiger partial charge is 0.264 e. The molecule has 0 aliphatic heterocycles. The zero-order valence-electron chi connectivity index (χ0n) is 11.3. The molecule has 3 heteroatoms. The van der Waals surface area contributed by atoms with Gasteiger partial charge in [-0.1, -0.05) is 66.7 Å². The maximum absolute atomic E-state index is 7.08. The zero-order chi connectivity index (χ0) is 13.8. The van der Waals surface area contributed by atoms with Gasteiger partial charge in [0.2, 0.25) is 0 Å². The Labute approximate surface area is 136 Å². The minimum Gasteiger partial charge on any atom is -0.264 e. The van der Waals surface area contributed by atoms with Gasteiger partial charge in [-0.3, -0.25) is 4.98 Å². The van der Waals surface area contributed by atoms with Crippen LogP contribution in [0.1, 0.15) is 16.7 Å². The monoisotopic (exact) mass is 315 g/mol. The van der Waals surface area contributed by atoms with Crippen molar-refractivity contribution in [2.75, 3.05) is 0 Å². The molecular weight excluding hydrogens is 301 g/mol. The summed E-state index contributed by atoms with van der Waals surface area (Å²) in [5, 5.41) is 0. The van der Waals surface area contributed by atoms with Gasteiger partial charge in [0, 0.05) is 18.0 Å². The molecule has 3 aromatic rings. The van der Waals surface area contributed by atoms with Crippen LogP contribution in [0.2, 0.25) is 0 Å². The summed E-state index contributed by atoms with van der Waals surface area (Å²) in [5.41, 5.74) is 3.06. The van der Waals surface area contributed by atoms with Crippen LogP contribution in [0.3, 0.4) is 0 Å². The van der Waals surface area contributed by atoms with Crippen LogP contribution >= 0.6 is 24.0 Å². The van der Waals surface area contributed by atoms with Crippen molar-refractivity contribution >= 4 is 24.0 Å². The average Bonchev–Trinajstić information content (AvgIpc) is 2.56. The molecule has 0 bridgehead atoms. The maximum Gasteiger partial charge on any atom is 0.121 e. The van der Waals surface area contributed by atoms with E-state index in [0.717, 1.165) is 16.7 Å². The Bertz CT molecular complexity index is 573. The van der Waals surface area contributed by atoms with Gasteiger partial charge in [0.05, 0.1) is 0 Å². The highest BCUT2D eigenvalue weighted by Crippen LogP contribution is 2.42. The Hall–Kier alpha value is -1.83. The number of rotatable bonds is 3. The molecule has 0 fully saturated rings. The molecule has 1 nitrogen and oxygen atoms in total. The highest BCUT2D eigenvalue weighted by atomic mass is 35.5. The van der Waals surface area contributed by atoms with E-state index in [-0.39, 0.29) is 12.4 Å². The summed E-state index contributed by atoms with van der Waals surface area (Å²) in [7, 11) is 0. The van der Waals surface area contributed by atoms with Gasteiger partial charge in [-0.25, -0.2) is 0 Å². The van der Waals surface area contributed by atoms with E-state index in [9.17, 15) is 0 Å². The molecule has 0 N–H and O–H groups in total. The normalized spacial score (nSPS) is 10.7. The topological polar surface area (TPSA) is 12.9 Å². The molecule has 0 aliphatic carbocycles. The van der Waals surface area contributed by atoms with Gasteiger partial charge in [-0.05, 0) is 17.2 Å². The minimum atomic E-state index is -0.712. The number of aromatic nitrogens is 1. The van der Waals surface area contributed by atoms with Crippen molar-refractivity contribution in [2.45, 2.75) is 4.87 Å². The summed E-state index contributed by atoms with van der Waals surface area (Å²) >= 11 is 7.08. The van der Waals surface area contributed by atoms with Crippen molar-refractivity contribution in [2.24, 2.45) is 0 Å². The molecule has 0 saturated carbocycles. The number of pyridine rings is 1. The van der Waals surface area contributed by atoms with E-state index in [1.54, 1.807) is 6.20 Å². The molecule has 21 heavy (non-hydrogen) atoms. The number of hydrogen-bond donors (Lipinski definition) is 0. The summed E-state index contributed by atoms with van der Waals surface area (Å²) in [5.74, 6) is 0. The summed E-state index contributed by atoms with van der Waals surface area (Å²) in [6.45, 7) is 0. The fourth-order valence-electron chi connectivity index (χ4n) is 2.40. The third-order valence-corrected chi connectivity index (χ3v) is 4.06. The predicted octanol–water partition coefficient (Wildman–Crippen LogP) is 5.03. The molecule has 0 radical (unpaired) electrons. The third kappa shape index (κ3) is 2.94. The molecule has 0 unspecified atom stereocenters. The standard InChI is InChI=1S/C18H14ClN.ClH/c19-18(15-8-3-1-4-9-15,16-10-5-2-6-11-16)17-12-7-13-20-14-17;/h1-14H;1H. The van der Waals surface area contributed by atoms with E-state index in [4.69, 9.17) is 11.6 Å². The lowest BCUT2D eigenvalue weighted by Crippen LogP contribution is -2.22. The lowest BCUT2D eigenvalue weighted by atomic mass is 9.85. The molecule has 0 aliphatic rings. The van der Waals surface area contributed by atoms with Crippen molar-refractivity contribution < 1.29 is 0 Å². The maximum atomic E-state index is 7.08. The first-order chi connectivity index (χ1) is 9.82. The van der Waals surface area contributed by atoms with Crippen LogP contribution in [0.5, 0.6) is 0 Å². The quantitative estimate of drug-likeness (QED) is 0.617. The first-order valence-corrected chi connectivity index (χ1v) is 6.90. The molecule has 0 amide bonds. The molecule has 3 rings (SSSR count). The van der Waals surface area contributed by atoms with Gasteiger partial charge in [0.25, 0.3) is 0 Å². The van der Waals surface area contributed by atoms with E-state index in [2.05, 4.69) is 4.98 Å². The lowest BCUT2D eigenvalue weighted by molar-refractivity contribution is 0.870. The predicted molar refractivity (Wildman–Crippen MR) is 90.1 cm³/mol. The van der Waals surface area contributed by atoms with Crippen LogP contribution in [-0.4, -0.2) is 4.98 Å². The Kier molecular flexibility index (Phi) is 5.00. The van der Waals surface area contributed by atoms with Crippen LogP contribution in [0.25, 0.3) is 0 Å². The smallest absolute Gasteiger partial charge is 0.121 e. The van der Waals surface area contributed by atoms with Gasteiger partial charge < -0.3 is 0 Å².